The second-order valence-corrected chi connectivity index (χ2v) is 4.58. The first-order valence-corrected chi connectivity index (χ1v) is 6.08. The molecule has 0 bridgehead atoms. The van der Waals surface area contributed by atoms with Crippen LogP contribution in [-0.2, 0) is 12.8 Å². The Morgan fingerprint density at radius 1 is 1.10 bits per heavy atom. The van der Waals surface area contributed by atoms with Gasteiger partial charge in [-0.3, -0.25) is 0 Å². The van der Waals surface area contributed by atoms with E-state index in [-0.39, 0.29) is 6.61 Å². The highest BCUT2D eigenvalue weighted by molar-refractivity contribution is 6.32. The summed E-state index contributed by atoms with van der Waals surface area (Å²) in [5, 5.41) is 0.353. The van der Waals surface area contributed by atoms with E-state index >= 15 is 0 Å². The standard InChI is InChI=1S/C14H11ClF3NO/c15-12-5-4-11(19)7-13(12)20-8-9-2-1-3-10(6-9)14(16,17)18/h1-7H,8,19H2. The fraction of sp³-hybridized carbons (Fsp3) is 0.143. The lowest BCUT2D eigenvalue weighted by molar-refractivity contribution is -0.137. The first kappa shape index (κ1) is 14.5. The van der Waals surface area contributed by atoms with Gasteiger partial charge in [-0.05, 0) is 29.8 Å². The second-order valence-electron chi connectivity index (χ2n) is 4.18. The first-order valence-electron chi connectivity index (χ1n) is 5.70. The van der Waals surface area contributed by atoms with Crippen molar-refractivity contribution in [1.29, 1.82) is 0 Å². The minimum atomic E-state index is -4.37. The maximum absolute atomic E-state index is 12.6. The molecule has 0 saturated carbocycles. The number of halogens is 4. The molecule has 2 nitrogen and oxygen atoms in total. The van der Waals surface area contributed by atoms with Gasteiger partial charge in [0.1, 0.15) is 12.4 Å². The van der Waals surface area contributed by atoms with Crippen molar-refractivity contribution in [3.05, 3.63) is 58.6 Å². The molecule has 0 saturated heterocycles. The number of hydrogen-bond acceptors (Lipinski definition) is 2. The van der Waals surface area contributed by atoms with Crippen molar-refractivity contribution in [3.63, 3.8) is 0 Å². The van der Waals surface area contributed by atoms with Gasteiger partial charge >= 0.3 is 6.18 Å². The van der Waals surface area contributed by atoms with Gasteiger partial charge in [0.05, 0.1) is 10.6 Å². The molecule has 20 heavy (non-hydrogen) atoms. The first-order chi connectivity index (χ1) is 9.36. The molecule has 0 aliphatic carbocycles. The molecule has 2 aromatic carbocycles. The van der Waals surface area contributed by atoms with Crippen LogP contribution in [0, 0.1) is 0 Å². The predicted octanol–water partition coefficient (Wildman–Crippen LogP) is 4.52. The van der Waals surface area contributed by atoms with Gasteiger partial charge in [0.15, 0.2) is 0 Å². The van der Waals surface area contributed by atoms with Crippen LogP contribution < -0.4 is 10.5 Å². The average molecular weight is 302 g/mol. The highest BCUT2D eigenvalue weighted by Gasteiger charge is 2.30. The van der Waals surface area contributed by atoms with Crippen molar-refractivity contribution in [2.75, 3.05) is 5.73 Å². The van der Waals surface area contributed by atoms with Crippen molar-refractivity contribution in [2.45, 2.75) is 12.8 Å². The molecule has 0 spiro atoms. The van der Waals surface area contributed by atoms with Crippen LogP contribution in [0.25, 0.3) is 0 Å². The fourth-order valence-electron chi connectivity index (χ4n) is 1.63. The van der Waals surface area contributed by atoms with Crippen LogP contribution >= 0.6 is 11.6 Å². The van der Waals surface area contributed by atoms with E-state index in [1.165, 1.54) is 12.1 Å². The third-order valence-electron chi connectivity index (χ3n) is 2.60. The Labute approximate surface area is 118 Å². The summed E-state index contributed by atoms with van der Waals surface area (Å²) in [6, 6.07) is 9.64. The smallest absolute Gasteiger partial charge is 0.416 e. The van der Waals surface area contributed by atoms with E-state index in [1.54, 1.807) is 18.2 Å². The maximum Gasteiger partial charge on any atom is 0.416 e. The number of anilines is 1. The number of nitrogen functional groups attached to an aromatic ring is 1. The van der Waals surface area contributed by atoms with Gasteiger partial charge in [0.25, 0.3) is 0 Å². The van der Waals surface area contributed by atoms with Gasteiger partial charge in [-0.25, -0.2) is 0 Å². The lowest BCUT2D eigenvalue weighted by Gasteiger charge is -2.11. The molecule has 0 heterocycles. The lowest BCUT2D eigenvalue weighted by atomic mass is 10.1. The van der Waals surface area contributed by atoms with Crippen LogP contribution in [-0.4, -0.2) is 0 Å². The summed E-state index contributed by atoms with van der Waals surface area (Å²) in [6.45, 7) is -0.0207. The zero-order valence-electron chi connectivity index (χ0n) is 10.2. The minimum absolute atomic E-state index is 0.0207. The molecule has 0 atom stereocenters. The molecule has 0 radical (unpaired) electrons. The molecule has 106 valence electrons. The number of benzene rings is 2. The molecule has 6 heteroatoms. The quantitative estimate of drug-likeness (QED) is 0.846. The zero-order chi connectivity index (χ0) is 14.8. The van der Waals surface area contributed by atoms with Crippen molar-refractivity contribution in [2.24, 2.45) is 0 Å². The molecule has 2 rings (SSSR count). The van der Waals surface area contributed by atoms with E-state index in [4.69, 9.17) is 22.1 Å². The normalized spacial score (nSPS) is 11.4. The van der Waals surface area contributed by atoms with Gasteiger partial charge in [-0.15, -0.1) is 0 Å². The Morgan fingerprint density at radius 3 is 2.55 bits per heavy atom. The summed E-state index contributed by atoms with van der Waals surface area (Å²) >= 11 is 5.91. The third-order valence-corrected chi connectivity index (χ3v) is 2.92. The van der Waals surface area contributed by atoms with Crippen LogP contribution in [0.2, 0.25) is 5.02 Å². The molecule has 0 aliphatic heterocycles. The highest BCUT2D eigenvalue weighted by Crippen LogP contribution is 2.30. The average Bonchev–Trinajstić information content (AvgIpc) is 2.39. The summed E-state index contributed by atoms with van der Waals surface area (Å²) in [5.74, 6) is 0.337. The van der Waals surface area contributed by atoms with Gasteiger partial charge in [-0.1, -0.05) is 23.7 Å². The van der Waals surface area contributed by atoms with Crippen molar-refractivity contribution in [3.8, 4) is 5.75 Å². The van der Waals surface area contributed by atoms with Gasteiger partial charge in [0, 0.05) is 11.8 Å². The summed E-state index contributed by atoms with van der Waals surface area (Å²) in [7, 11) is 0. The summed E-state index contributed by atoms with van der Waals surface area (Å²) in [5.41, 5.74) is 5.75. The van der Waals surface area contributed by atoms with Gasteiger partial charge < -0.3 is 10.5 Å². The van der Waals surface area contributed by atoms with Gasteiger partial charge in [-0.2, -0.15) is 13.2 Å². The SMILES string of the molecule is Nc1ccc(Cl)c(OCc2cccc(C(F)(F)F)c2)c1. The number of nitrogens with two attached hydrogens (primary N) is 1. The Hall–Kier alpha value is -1.88. The van der Waals surface area contributed by atoms with E-state index in [9.17, 15) is 13.2 Å². The molecule has 0 fully saturated rings. The van der Waals surface area contributed by atoms with E-state index in [0.717, 1.165) is 12.1 Å². The molecule has 0 unspecified atom stereocenters. The van der Waals surface area contributed by atoms with Gasteiger partial charge in [0.2, 0.25) is 0 Å². The van der Waals surface area contributed by atoms with E-state index in [2.05, 4.69) is 0 Å². The zero-order valence-corrected chi connectivity index (χ0v) is 11.0. The largest absolute Gasteiger partial charge is 0.487 e. The number of rotatable bonds is 3. The molecule has 2 aromatic rings. The monoisotopic (exact) mass is 301 g/mol. The van der Waals surface area contributed by atoms with E-state index < -0.39 is 11.7 Å². The minimum Gasteiger partial charge on any atom is -0.487 e. The molecular formula is C14H11ClF3NO. The number of alkyl halides is 3. The van der Waals surface area contributed by atoms with Crippen LogP contribution in [0.15, 0.2) is 42.5 Å². The van der Waals surface area contributed by atoms with Crippen LogP contribution in [0.5, 0.6) is 5.75 Å². The molecule has 0 aliphatic rings. The Bertz CT molecular complexity index is 614. The summed E-state index contributed by atoms with van der Waals surface area (Å²) < 4.78 is 43.1. The molecule has 0 aromatic heterocycles. The van der Waals surface area contributed by atoms with Crippen molar-refractivity contribution < 1.29 is 17.9 Å². The molecular weight excluding hydrogens is 291 g/mol. The number of ether oxygens (including phenoxy) is 1. The topological polar surface area (TPSA) is 35.2 Å². The van der Waals surface area contributed by atoms with E-state index in [0.29, 0.717) is 22.0 Å². The fourth-order valence-corrected chi connectivity index (χ4v) is 1.80. The summed E-state index contributed by atoms with van der Waals surface area (Å²) in [6.07, 6.45) is -4.37. The van der Waals surface area contributed by atoms with Crippen LogP contribution in [0.1, 0.15) is 11.1 Å². The predicted molar refractivity (Wildman–Crippen MR) is 71.6 cm³/mol. The van der Waals surface area contributed by atoms with Crippen molar-refractivity contribution >= 4 is 17.3 Å². The van der Waals surface area contributed by atoms with Crippen LogP contribution in [0.3, 0.4) is 0 Å². The second kappa shape index (κ2) is 5.63. The Kier molecular flexibility index (Phi) is 4.09. The number of hydrogen-bond donors (Lipinski definition) is 1. The lowest BCUT2D eigenvalue weighted by Crippen LogP contribution is -2.06. The van der Waals surface area contributed by atoms with Crippen LogP contribution in [0.4, 0.5) is 18.9 Å². The highest BCUT2D eigenvalue weighted by atomic mass is 35.5. The molecule has 2 N–H and O–H groups in total. The maximum atomic E-state index is 12.6. The Balaban J connectivity index is 2.13. The third kappa shape index (κ3) is 3.57. The van der Waals surface area contributed by atoms with Crippen molar-refractivity contribution in [1.82, 2.24) is 0 Å². The van der Waals surface area contributed by atoms with E-state index in [1.807, 2.05) is 0 Å². The Morgan fingerprint density at radius 2 is 1.85 bits per heavy atom. The molecule has 0 amide bonds. The summed E-state index contributed by atoms with van der Waals surface area (Å²) in [4.78, 5) is 0.